The topological polar surface area (TPSA) is 81.3 Å². The predicted molar refractivity (Wildman–Crippen MR) is 110 cm³/mol. The van der Waals surface area contributed by atoms with Crippen LogP contribution in [0, 0.1) is 14.1 Å². The lowest BCUT2D eigenvalue weighted by molar-refractivity contribution is -0.384. The number of nitro benzene ring substituents is 1. The Morgan fingerprint density at radius 1 is 1.26 bits per heavy atom. The number of carbonyl (C=O) groups is 1. The number of aromatic nitrogens is 2. The molecule has 1 heterocycles. The van der Waals surface area contributed by atoms with Crippen LogP contribution >= 0.6 is 35.3 Å². The van der Waals surface area contributed by atoms with Gasteiger partial charge < -0.3 is 4.90 Å². The fourth-order valence-corrected chi connectivity index (χ4v) is 4.49. The largest absolute Gasteiger partial charge is 0.315 e. The lowest BCUT2D eigenvalue weighted by Gasteiger charge is -2.16. The van der Waals surface area contributed by atoms with E-state index in [2.05, 4.69) is 5.10 Å². The zero-order valence-electron chi connectivity index (χ0n) is 14.1. The summed E-state index contributed by atoms with van der Waals surface area (Å²) in [5, 5.41) is 15.2. The molecule has 0 radical (unpaired) electrons. The van der Waals surface area contributed by atoms with Gasteiger partial charge in [0.15, 0.2) is 8.29 Å². The molecule has 0 saturated heterocycles. The molecular weight excluding hydrogens is 404 g/mol. The summed E-state index contributed by atoms with van der Waals surface area (Å²) in [7, 11) is 1.63. The molecule has 1 aromatic heterocycles. The van der Waals surface area contributed by atoms with Crippen LogP contribution in [0.15, 0.2) is 58.9 Å². The number of benzene rings is 2. The second-order valence-electron chi connectivity index (χ2n) is 5.40. The Bertz CT molecular complexity index is 1020. The molecule has 1 amide bonds. The van der Waals surface area contributed by atoms with Gasteiger partial charge in [-0.05, 0) is 36.5 Å². The number of carbonyl (C=O) groups excluding carboxylic acids is 1. The monoisotopic (exact) mass is 418 g/mol. The number of thioether (sulfide) groups is 1. The van der Waals surface area contributed by atoms with E-state index in [4.69, 9.17) is 12.2 Å². The fourth-order valence-electron chi connectivity index (χ4n) is 2.21. The van der Waals surface area contributed by atoms with Crippen LogP contribution in [0.4, 0.5) is 11.4 Å². The minimum Gasteiger partial charge on any atom is -0.315 e. The number of non-ortho nitro benzene ring substituents is 1. The molecule has 7 nitrogen and oxygen atoms in total. The Morgan fingerprint density at radius 2 is 1.93 bits per heavy atom. The molecule has 0 saturated carbocycles. The first-order valence-electron chi connectivity index (χ1n) is 7.75. The van der Waals surface area contributed by atoms with Gasteiger partial charge in [-0.25, -0.2) is 4.68 Å². The molecule has 0 N–H and O–H groups in total. The number of hydrogen-bond donors (Lipinski definition) is 0. The molecule has 0 aliphatic heterocycles. The van der Waals surface area contributed by atoms with Crippen LogP contribution in [0.1, 0.15) is 0 Å². The van der Waals surface area contributed by atoms with Crippen molar-refractivity contribution in [3.05, 3.63) is 68.7 Å². The first kappa shape index (κ1) is 19.2. The molecular formula is C17H14N4O3S3. The number of amides is 1. The first-order chi connectivity index (χ1) is 13.0. The highest BCUT2D eigenvalue weighted by Crippen LogP contribution is 2.25. The molecule has 0 spiro atoms. The van der Waals surface area contributed by atoms with Crippen molar-refractivity contribution in [2.75, 3.05) is 17.7 Å². The Hall–Kier alpha value is -2.56. The van der Waals surface area contributed by atoms with Crippen LogP contribution in [0.3, 0.4) is 0 Å². The average Bonchev–Trinajstić information content (AvgIpc) is 3.07. The highest BCUT2D eigenvalue weighted by atomic mass is 32.2. The van der Waals surface area contributed by atoms with E-state index < -0.39 is 4.92 Å². The third kappa shape index (κ3) is 4.59. The number of nitrogens with zero attached hydrogens (tertiary/aromatic N) is 4. The van der Waals surface area contributed by atoms with Gasteiger partial charge in [0.05, 0.1) is 16.4 Å². The van der Waals surface area contributed by atoms with Gasteiger partial charge in [-0.1, -0.05) is 41.3 Å². The number of rotatable bonds is 6. The third-order valence-corrected chi connectivity index (χ3v) is 6.02. The van der Waals surface area contributed by atoms with Crippen LogP contribution in [0.5, 0.6) is 0 Å². The van der Waals surface area contributed by atoms with Gasteiger partial charge in [0.25, 0.3) is 5.69 Å². The zero-order chi connectivity index (χ0) is 19.4. The lowest BCUT2D eigenvalue weighted by atomic mass is 10.2. The lowest BCUT2D eigenvalue weighted by Crippen LogP contribution is -2.27. The summed E-state index contributed by atoms with van der Waals surface area (Å²) >= 11 is 8.01. The van der Waals surface area contributed by atoms with E-state index in [1.165, 1.54) is 40.1 Å². The standard InChI is InChI=1S/C17H14N4O3S3/c1-19(12-7-9-14(10-8-12)21(23)24)15(22)11-26-16-18-20(17(25)27-16)13-5-3-2-4-6-13/h2-10H,11H2,1H3. The van der Waals surface area contributed by atoms with Crippen molar-refractivity contribution in [1.29, 1.82) is 0 Å². The van der Waals surface area contributed by atoms with E-state index >= 15 is 0 Å². The summed E-state index contributed by atoms with van der Waals surface area (Å²) in [6.07, 6.45) is 0. The molecule has 0 bridgehead atoms. The van der Waals surface area contributed by atoms with Crippen molar-refractivity contribution < 1.29 is 9.72 Å². The van der Waals surface area contributed by atoms with E-state index in [0.717, 1.165) is 5.69 Å². The van der Waals surface area contributed by atoms with Gasteiger partial charge in [-0.2, -0.15) is 0 Å². The van der Waals surface area contributed by atoms with Gasteiger partial charge in [-0.3, -0.25) is 14.9 Å². The summed E-state index contributed by atoms with van der Waals surface area (Å²) in [6, 6.07) is 15.4. The third-order valence-electron chi connectivity index (χ3n) is 3.67. The van der Waals surface area contributed by atoms with Crippen molar-refractivity contribution in [3.63, 3.8) is 0 Å². The average molecular weight is 419 g/mol. The molecule has 3 aromatic rings. The van der Waals surface area contributed by atoms with Gasteiger partial charge in [0.2, 0.25) is 5.91 Å². The number of nitro groups is 1. The number of hydrogen-bond acceptors (Lipinski definition) is 7. The Labute approximate surface area is 168 Å². The molecule has 27 heavy (non-hydrogen) atoms. The van der Waals surface area contributed by atoms with Crippen molar-refractivity contribution >= 4 is 52.6 Å². The molecule has 2 aromatic carbocycles. The van der Waals surface area contributed by atoms with Gasteiger partial charge in [0, 0.05) is 24.9 Å². The van der Waals surface area contributed by atoms with Crippen LogP contribution in [0.2, 0.25) is 0 Å². The van der Waals surface area contributed by atoms with Crippen molar-refractivity contribution in [1.82, 2.24) is 9.78 Å². The van der Waals surface area contributed by atoms with Crippen LogP contribution < -0.4 is 4.90 Å². The molecule has 3 rings (SSSR count). The maximum absolute atomic E-state index is 12.4. The number of para-hydroxylation sites is 1. The maximum atomic E-state index is 12.4. The van der Waals surface area contributed by atoms with E-state index in [9.17, 15) is 14.9 Å². The summed E-state index contributed by atoms with van der Waals surface area (Å²) in [6.45, 7) is 0. The second kappa shape index (κ2) is 8.42. The Morgan fingerprint density at radius 3 is 2.56 bits per heavy atom. The second-order valence-corrected chi connectivity index (χ2v) is 8.24. The van der Waals surface area contributed by atoms with E-state index in [-0.39, 0.29) is 17.3 Å². The van der Waals surface area contributed by atoms with Gasteiger partial charge >= 0.3 is 0 Å². The molecule has 138 valence electrons. The minimum atomic E-state index is -0.474. The Balaban J connectivity index is 1.65. The molecule has 0 aliphatic rings. The normalized spacial score (nSPS) is 10.6. The van der Waals surface area contributed by atoms with Crippen molar-refractivity contribution in [3.8, 4) is 5.69 Å². The zero-order valence-corrected chi connectivity index (χ0v) is 16.6. The van der Waals surface area contributed by atoms with Gasteiger partial charge in [0.1, 0.15) is 0 Å². The van der Waals surface area contributed by atoms with Crippen LogP contribution in [0.25, 0.3) is 5.69 Å². The summed E-state index contributed by atoms with van der Waals surface area (Å²) in [5.41, 5.74) is 1.45. The van der Waals surface area contributed by atoms with Crippen LogP contribution in [-0.4, -0.2) is 33.4 Å². The molecule has 0 fully saturated rings. The van der Waals surface area contributed by atoms with E-state index in [1.807, 2.05) is 30.3 Å². The molecule has 10 heteroatoms. The van der Waals surface area contributed by atoms with E-state index in [0.29, 0.717) is 14.0 Å². The maximum Gasteiger partial charge on any atom is 0.269 e. The van der Waals surface area contributed by atoms with E-state index in [1.54, 1.807) is 23.9 Å². The van der Waals surface area contributed by atoms with Crippen molar-refractivity contribution in [2.45, 2.75) is 4.34 Å². The highest BCUT2D eigenvalue weighted by Gasteiger charge is 2.15. The minimum absolute atomic E-state index is 0.0137. The molecule has 0 aliphatic carbocycles. The van der Waals surface area contributed by atoms with Gasteiger partial charge in [-0.15, -0.1) is 5.10 Å². The van der Waals surface area contributed by atoms with Crippen LogP contribution in [-0.2, 0) is 4.79 Å². The predicted octanol–water partition coefficient (Wildman–Crippen LogP) is 4.33. The quantitative estimate of drug-likeness (QED) is 0.257. The SMILES string of the molecule is CN(C(=O)CSc1nn(-c2ccccc2)c(=S)s1)c1ccc([N+](=O)[O-])cc1. The first-order valence-corrected chi connectivity index (χ1v) is 9.96. The summed E-state index contributed by atoms with van der Waals surface area (Å²) in [4.78, 5) is 24.1. The highest BCUT2D eigenvalue weighted by molar-refractivity contribution is 8.01. The fraction of sp³-hybridized carbons (Fsp3) is 0.118. The number of anilines is 1. The summed E-state index contributed by atoms with van der Waals surface area (Å²) in [5.74, 6) is 0.0473. The Kier molecular flexibility index (Phi) is 5.99. The van der Waals surface area contributed by atoms with Crippen molar-refractivity contribution in [2.24, 2.45) is 0 Å². The molecule has 0 atom stereocenters. The summed E-state index contributed by atoms with van der Waals surface area (Å²) < 4.78 is 2.99. The smallest absolute Gasteiger partial charge is 0.269 e. The molecule has 0 unspecified atom stereocenters.